The van der Waals surface area contributed by atoms with Crippen molar-refractivity contribution in [1.82, 2.24) is 10.2 Å². The molecule has 0 bridgehead atoms. The van der Waals surface area contributed by atoms with Gasteiger partial charge >= 0.3 is 5.63 Å². The van der Waals surface area contributed by atoms with Gasteiger partial charge in [-0.15, -0.1) is 0 Å². The first kappa shape index (κ1) is 20.6. The first-order valence-electron chi connectivity index (χ1n) is 9.35. The average Bonchev–Trinajstić information content (AvgIpc) is 2.68. The van der Waals surface area contributed by atoms with Crippen molar-refractivity contribution in [3.05, 3.63) is 38.7 Å². The zero-order valence-electron chi connectivity index (χ0n) is 16.3. The van der Waals surface area contributed by atoms with Crippen LogP contribution in [0.4, 0.5) is 0 Å². The highest BCUT2D eigenvalue weighted by molar-refractivity contribution is 6.32. The predicted molar refractivity (Wildman–Crippen MR) is 107 cm³/mol. The summed E-state index contributed by atoms with van der Waals surface area (Å²) in [5.74, 6) is 0.0716. The second-order valence-corrected chi connectivity index (χ2v) is 7.33. The van der Waals surface area contributed by atoms with Gasteiger partial charge in [-0.2, -0.15) is 0 Å². The largest absolute Gasteiger partial charge is 0.479 e. The third-order valence-electron chi connectivity index (χ3n) is 5.01. The summed E-state index contributed by atoms with van der Waals surface area (Å²) in [6.45, 7) is 9.70. The van der Waals surface area contributed by atoms with E-state index < -0.39 is 11.7 Å². The maximum atomic E-state index is 12.3. The molecule has 3 rings (SSSR count). The van der Waals surface area contributed by atoms with E-state index in [0.29, 0.717) is 28.5 Å². The van der Waals surface area contributed by atoms with Crippen molar-refractivity contribution in [2.45, 2.75) is 26.9 Å². The van der Waals surface area contributed by atoms with E-state index in [1.807, 2.05) is 6.92 Å². The second kappa shape index (κ2) is 8.94. The average molecular weight is 409 g/mol. The van der Waals surface area contributed by atoms with E-state index >= 15 is 0 Å². The monoisotopic (exact) mass is 408 g/mol. The zero-order valence-corrected chi connectivity index (χ0v) is 17.1. The minimum Gasteiger partial charge on any atom is -0.479 e. The van der Waals surface area contributed by atoms with Gasteiger partial charge in [0.25, 0.3) is 5.91 Å². The van der Waals surface area contributed by atoms with Crippen molar-refractivity contribution in [2.75, 3.05) is 39.4 Å². The molecule has 1 saturated heterocycles. The van der Waals surface area contributed by atoms with Crippen LogP contribution in [0, 0.1) is 13.8 Å². The fraction of sp³-hybridized carbons (Fsp3) is 0.500. The summed E-state index contributed by atoms with van der Waals surface area (Å²) in [5.41, 5.74) is 1.35. The molecule has 1 amide bonds. The highest BCUT2D eigenvalue weighted by Gasteiger charge is 2.18. The molecule has 1 fully saturated rings. The molecular weight excluding hydrogens is 384 g/mol. The van der Waals surface area contributed by atoms with Gasteiger partial charge in [0.1, 0.15) is 11.3 Å². The van der Waals surface area contributed by atoms with Crippen LogP contribution in [0.1, 0.15) is 18.1 Å². The Morgan fingerprint density at radius 1 is 1.29 bits per heavy atom. The van der Waals surface area contributed by atoms with Crippen LogP contribution in [0.25, 0.3) is 11.0 Å². The van der Waals surface area contributed by atoms with Crippen LogP contribution in [-0.2, 0) is 9.53 Å². The fourth-order valence-corrected chi connectivity index (χ4v) is 3.29. The molecule has 2 heterocycles. The standard InChI is InChI=1S/C20H25ClN2O5/c1-12-13(2)20(25)28-17-11-18(16(21)10-15(12)17)27-14(3)19(24)22-4-5-23-6-8-26-9-7-23/h10-11,14H,4-9H2,1-3H3,(H,22,24)/t14-/m1/s1. The van der Waals surface area contributed by atoms with Gasteiger partial charge in [0.15, 0.2) is 6.10 Å². The van der Waals surface area contributed by atoms with Crippen molar-refractivity contribution in [3.8, 4) is 5.75 Å². The molecule has 0 unspecified atom stereocenters. The Kier molecular flexibility index (Phi) is 6.59. The molecule has 0 saturated carbocycles. The number of rotatable bonds is 6. The molecule has 152 valence electrons. The number of morpholine rings is 1. The number of hydrogen-bond donors (Lipinski definition) is 1. The zero-order chi connectivity index (χ0) is 20.3. The molecule has 7 nitrogen and oxygen atoms in total. The van der Waals surface area contributed by atoms with Gasteiger partial charge in [0.2, 0.25) is 0 Å². The van der Waals surface area contributed by atoms with E-state index in [0.717, 1.165) is 43.8 Å². The Morgan fingerprint density at radius 3 is 2.71 bits per heavy atom. The Morgan fingerprint density at radius 2 is 2.00 bits per heavy atom. The molecule has 1 N–H and O–H groups in total. The van der Waals surface area contributed by atoms with Crippen molar-refractivity contribution < 1.29 is 18.7 Å². The maximum Gasteiger partial charge on any atom is 0.339 e. The van der Waals surface area contributed by atoms with Crippen LogP contribution in [-0.4, -0.2) is 56.3 Å². The molecule has 0 spiro atoms. The number of ether oxygens (including phenoxy) is 2. The Labute approximate surface area is 168 Å². The van der Waals surface area contributed by atoms with E-state index in [2.05, 4.69) is 10.2 Å². The van der Waals surface area contributed by atoms with Crippen LogP contribution in [0.15, 0.2) is 21.3 Å². The highest BCUT2D eigenvalue weighted by Crippen LogP contribution is 2.32. The van der Waals surface area contributed by atoms with Gasteiger partial charge in [-0.05, 0) is 32.4 Å². The van der Waals surface area contributed by atoms with Crippen LogP contribution in [0.2, 0.25) is 5.02 Å². The number of halogens is 1. The van der Waals surface area contributed by atoms with Gasteiger partial charge < -0.3 is 19.2 Å². The Hall–Kier alpha value is -2.09. The number of amides is 1. The quantitative estimate of drug-likeness (QED) is 0.738. The molecule has 2 aromatic rings. The van der Waals surface area contributed by atoms with E-state index in [9.17, 15) is 9.59 Å². The minimum absolute atomic E-state index is 0.231. The molecule has 1 atom stereocenters. The van der Waals surface area contributed by atoms with Gasteiger partial charge in [-0.3, -0.25) is 9.69 Å². The number of benzene rings is 1. The van der Waals surface area contributed by atoms with E-state index in [1.165, 1.54) is 0 Å². The molecule has 0 aliphatic carbocycles. The summed E-state index contributed by atoms with van der Waals surface area (Å²) < 4.78 is 16.4. The van der Waals surface area contributed by atoms with Crippen LogP contribution >= 0.6 is 11.6 Å². The number of carbonyl (C=O) groups excluding carboxylic acids is 1. The van der Waals surface area contributed by atoms with E-state index in [-0.39, 0.29) is 5.91 Å². The number of fused-ring (bicyclic) bond motifs is 1. The van der Waals surface area contributed by atoms with Crippen molar-refractivity contribution in [3.63, 3.8) is 0 Å². The van der Waals surface area contributed by atoms with Crippen LogP contribution in [0.3, 0.4) is 0 Å². The Balaban J connectivity index is 1.64. The van der Waals surface area contributed by atoms with Crippen LogP contribution in [0.5, 0.6) is 5.75 Å². The van der Waals surface area contributed by atoms with E-state index in [1.54, 1.807) is 26.0 Å². The Bertz CT molecular complexity index is 921. The molecule has 28 heavy (non-hydrogen) atoms. The summed E-state index contributed by atoms with van der Waals surface area (Å²) in [5, 5.41) is 3.97. The smallest absolute Gasteiger partial charge is 0.339 e. The highest BCUT2D eigenvalue weighted by atomic mass is 35.5. The summed E-state index contributed by atoms with van der Waals surface area (Å²) >= 11 is 6.33. The van der Waals surface area contributed by atoms with Crippen LogP contribution < -0.4 is 15.7 Å². The van der Waals surface area contributed by atoms with Gasteiger partial charge in [0.05, 0.1) is 18.2 Å². The maximum absolute atomic E-state index is 12.3. The molecule has 1 aliphatic rings. The lowest BCUT2D eigenvalue weighted by Crippen LogP contribution is -2.43. The normalized spacial score (nSPS) is 16.1. The first-order valence-corrected chi connectivity index (χ1v) is 9.72. The fourth-order valence-electron chi connectivity index (χ4n) is 3.08. The molecule has 0 radical (unpaired) electrons. The summed E-state index contributed by atoms with van der Waals surface area (Å²) in [4.78, 5) is 26.5. The minimum atomic E-state index is -0.738. The third kappa shape index (κ3) is 4.66. The van der Waals surface area contributed by atoms with E-state index in [4.69, 9.17) is 25.5 Å². The summed E-state index contributed by atoms with van der Waals surface area (Å²) in [7, 11) is 0. The lowest BCUT2D eigenvalue weighted by atomic mass is 10.1. The molecule has 1 aliphatic heterocycles. The van der Waals surface area contributed by atoms with Crippen molar-refractivity contribution in [1.29, 1.82) is 0 Å². The topological polar surface area (TPSA) is 81.0 Å². The van der Waals surface area contributed by atoms with Gasteiger partial charge in [-0.25, -0.2) is 4.79 Å². The predicted octanol–water partition coefficient (Wildman–Crippen LogP) is 2.28. The summed E-state index contributed by atoms with van der Waals surface area (Å²) in [6, 6.07) is 3.25. The summed E-state index contributed by atoms with van der Waals surface area (Å²) in [6.07, 6.45) is -0.738. The molecular formula is C20H25ClN2O5. The number of nitrogens with zero attached hydrogens (tertiary/aromatic N) is 1. The lowest BCUT2D eigenvalue weighted by Gasteiger charge is -2.26. The number of hydrogen-bond acceptors (Lipinski definition) is 6. The van der Waals surface area contributed by atoms with Crippen molar-refractivity contribution >= 4 is 28.5 Å². The number of aryl methyl sites for hydroxylation is 1. The SMILES string of the molecule is Cc1c(C)c2cc(Cl)c(O[C@H](C)C(=O)NCCN3CCOCC3)cc2oc1=O. The second-order valence-electron chi connectivity index (χ2n) is 6.92. The molecule has 1 aromatic heterocycles. The van der Waals surface area contributed by atoms with Gasteiger partial charge in [0, 0.05) is 43.2 Å². The number of carbonyl (C=O) groups is 1. The molecule has 8 heteroatoms. The third-order valence-corrected chi connectivity index (χ3v) is 5.31. The molecule has 1 aromatic carbocycles. The lowest BCUT2D eigenvalue weighted by molar-refractivity contribution is -0.127. The van der Waals surface area contributed by atoms with Gasteiger partial charge in [-0.1, -0.05) is 11.6 Å². The number of nitrogens with one attached hydrogen (secondary N) is 1. The first-order chi connectivity index (χ1) is 13.4. The van der Waals surface area contributed by atoms with Crippen molar-refractivity contribution in [2.24, 2.45) is 0 Å².